The number of hydrogen-bond acceptors (Lipinski definition) is 4. The molecule has 0 saturated carbocycles. The molecule has 0 bridgehead atoms. The van der Waals surface area contributed by atoms with Gasteiger partial charge in [0.2, 0.25) is 11.8 Å². The Labute approximate surface area is 171 Å². The molecule has 2 unspecified atom stereocenters. The number of benzene rings is 1. The van der Waals surface area contributed by atoms with Crippen LogP contribution in [0.2, 0.25) is 0 Å². The van der Waals surface area contributed by atoms with Gasteiger partial charge in [0.25, 0.3) is 0 Å². The van der Waals surface area contributed by atoms with Gasteiger partial charge in [-0.15, -0.1) is 0 Å². The molecule has 2 saturated heterocycles. The molecule has 2 fully saturated rings. The van der Waals surface area contributed by atoms with Gasteiger partial charge in [0.05, 0.1) is 11.6 Å². The fourth-order valence-electron chi connectivity index (χ4n) is 4.55. The van der Waals surface area contributed by atoms with Gasteiger partial charge in [-0.25, -0.2) is 0 Å². The van der Waals surface area contributed by atoms with Crippen LogP contribution < -0.4 is 0 Å². The number of piperidine rings is 1. The zero-order valence-corrected chi connectivity index (χ0v) is 16.8. The zero-order chi connectivity index (χ0) is 20.2. The van der Waals surface area contributed by atoms with Crippen LogP contribution >= 0.6 is 0 Å². The summed E-state index contributed by atoms with van der Waals surface area (Å²) in [5.41, 5.74) is 2.12. The van der Waals surface area contributed by atoms with E-state index in [1.807, 2.05) is 35.4 Å². The maximum atomic E-state index is 12.6. The summed E-state index contributed by atoms with van der Waals surface area (Å²) in [6.45, 7) is 2.46. The number of hydrogen-bond donors (Lipinski definition) is 1. The number of likely N-dealkylation sites (tertiary alicyclic amines) is 2. The van der Waals surface area contributed by atoms with Crippen molar-refractivity contribution in [2.45, 2.75) is 44.6 Å². The highest BCUT2D eigenvalue weighted by Crippen LogP contribution is 2.26. The predicted molar refractivity (Wildman–Crippen MR) is 111 cm³/mol. The van der Waals surface area contributed by atoms with Crippen molar-refractivity contribution in [3.05, 3.63) is 42.1 Å². The van der Waals surface area contributed by atoms with Crippen LogP contribution in [-0.2, 0) is 16.0 Å². The van der Waals surface area contributed by atoms with Crippen LogP contribution in [0, 0.1) is 5.92 Å². The Morgan fingerprint density at radius 1 is 1.17 bits per heavy atom. The lowest BCUT2D eigenvalue weighted by molar-refractivity contribution is -0.135. The molecule has 0 radical (unpaired) electrons. The van der Waals surface area contributed by atoms with Gasteiger partial charge >= 0.3 is 0 Å². The van der Waals surface area contributed by atoms with Crippen LogP contribution in [-0.4, -0.2) is 64.0 Å². The molecule has 2 aromatic rings. The Kier molecular flexibility index (Phi) is 6.09. The van der Waals surface area contributed by atoms with Gasteiger partial charge in [0.15, 0.2) is 0 Å². The Hall–Kier alpha value is -2.47. The molecule has 1 aromatic heterocycles. The van der Waals surface area contributed by atoms with Crippen molar-refractivity contribution in [2.75, 3.05) is 26.2 Å². The molecular weight excluding hydrogens is 366 g/mol. The summed E-state index contributed by atoms with van der Waals surface area (Å²) in [6, 6.07) is 10.0. The molecule has 2 aliphatic rings. The molecular formula is C23H29N3O3. The number of β-amino-alcohol motifs (C(OH)–C–C–N with tert-alkyl or cyclic N) is 1. The minimum absolute atomic E-state index is 0.0356. The monoisotopic (exact) mass is 395 g/mol. The molecule has 154 valence electrons. The van der Waals surface area contributed by atoms with Crippen molar-refractivity contribution in [3.8, 4) is 0 Å². The summed E-state index contributed by atoms with van der Waals surface area (Å²) >= 11 is 0. The molecule has 3 heterocycles. The number of para-hydroxylation sites is 1. The summed E-state index contributed by atoms with van der Waals surface area (Å²) in [5, 5.41) is 11.7. The van der Waals surface area contributed by atoms with Crippen LogP contribution in [0.15, 0.2) is 36.5 Å². The first-order chi connectivity index (χ1) is 14.1. The van der Waals surface area contributed by atoms with Crippen molar-refractivity contribution in [1.29, 1.82) is 0 Å². The number of aromatic nitrogens is 1. The second-order valence-electron chi connectivity index (χ2n) is 8.26. The number of aliphatic hydroxyl groups is 1. The first-order valence-electron chi connectivity index (χ1n) is 10.7. The number of carbonyl (C=O) groups is 2. The molecule has 6 heteroatoms. The lowest BCUT2D eigenvalue weighted by Gasteiger charge is -2.26. The number of pyridine rings is 1. The Morgan fingerprint density at radius 3 is 2.90 bits per heavy atom. The molecule has 2 atom stereocenters. The van der Waals surface area contributed by atoms with Gasteiger partial charge in [0, 0.05) is 56.5 Å². The lowest BCUT2D eigenvalue weighted by atomic mass is 9.94. The topological polar surface area (TPSA) is 73.7 Å². The van der Waals surface area contributed by atoms with Crippen molar-refractivity contribution < 1.29 is 14.7 Å². The zero-order valence-electron chi connectivity index (χ0n) is 16.8. The van der Waals surface area contributed by atoms with Gasteiger partial charge < -0.3 is 14.9 Å². The van der Waals surface area contributed by atoms with Gasteiger partial charge in [0.1, 0.15) is 0 Å². The van der Waals surface area contributed by atoms with E-state index in [0.717, 1.165) is 42.3 Å². The van der Waals surface area contributed by atoms with Crippen LogP contribution in [0.25, 0.3) is 10.9 Å². The number of fused-ring (bicyclic) bond motifs is 1. The quantitative estimate of drug-likeness (QED) is 0.815. The van der Waals surface area contributed by atoms with Crippen LogP contribution in [0.4, 0.5) is 0 Å². The molecule has 6 nitrogen and oxygen atoms in total. The summed E-state index contributed by atoms with van der Waals surface area (Å²) in [4.78, 5) is 32.6. The van der Waals surface area contributed by atoms with Crippen LogP contribution in [0.3, 0.4) is 0 Å². The van der Waals surface area contributed by atoms with E-state index in [2.05, 4.69) is 11.1 Å². The first-order valence-corrected chi connectivity index (χ1v) is 10.7. The minimum atomic E-state index is -0.505. The average molecular weight is 396 g/mol. The lowest BCUT2D eigenvalue weighted by Crippen LogP contribution is -2.37. The van der Waals surface area contributed by atoms with Crippen molar-refractivity contribution in [2.24, 2.45) is 5.92 Å². The molecule has 2 aliphatic heterocycles. The molecule has 29 heavy (non-hydrogen) atoms. The van der Waals surface area contributed by atoms with Crippen molar-refractivity contribution in [1.82, 2.24) is 14.8 Å². The number of amides is 2. The third-order valence-corrected chi connectivity index (χ3v) is 6.22. The SMILES string of the molecule is O=C1CCCCN1CCCC(=O)N1CC(O)C(Cc2ccnc3ccccc23)C1. The van der Waals surface area contributed by atoms with Gasteiger partial charge in [-0.05, 0) is 43.4 Å². The molecule has 1 N–H and O–H groups in total. The van der Waals surface area contributed by atoms with Gasteiger partial charge in [-0.1, -0.05) is 18.2 Å². The fraction of sp³-hybridized carbons (Fsp3) is 0.522. The largest absolute Gasteiger partial charge is 0.391 e. The second-order valence-corrected chi connectivity index (χ2v) is 8.26. The third kappa shape index (κ3) is 4.58. The van der Waals surface area contributed by atoms with E-state index in [0.29, 0.717) is 38.9 Å². The second kappa shape index (κ2) is 8.91. The highest BCUT2D eigenvalue weighted by Gasteiger charge is 2.34. The maximum Gasteiger partial charge on any atom is 0.222 e. The highest BCUT2D eigenvalue weighted by atomic mass is 16.3. The minimum Gasteiger partial charge on any atom is -0.391 e. The Morgan fingerprint density at radius 2 is 2.03 bits per heavy atom. The molecule has 0 spiro atoms. The van der Waals surface area contributed by atoms with Crippen LogP contribution in [0.5, 0.6) is 0 Å². The van der Waals surface area contributed by atoms with E-state index in [1.165, 1.54) is 0 Å². The van der Waals surface area contributed by atoms with Crippen molar-refractivity contribution in [3.63, 3.8) is 0 Å². The van der Waals surface area contributed by atoms with Gasteiger partial charge in [-0.3, -0.25) is 14.6 Å². The van der Waals surface area contributed by atoms with Gasteiger partial charge in [-0.2, -0.15) is 0 Å². The summed E-state index contributed by atoms with van der Waals surface area (Å²) in [5.74, 6) is 0.328. The Balaban J connectivity index is 1.31. The van der Waals surface area contributed by atoms with E-state index in [1.54, 1.807) is 4.90 Å². The summed E-state index contributed by atoms with van der Waals surface area (Å²) in [6.07, 6.45) is 5.84. The average Bonchev–Trinajstić information content (AvgIpc) is 3.10. The highest BCUT2D eigenvalue weighted by molar-refractivity contribution is 5.82. The molecule has 4 rings (SSSR count). The van der Waals surface area contributed by atoms with Crippen LogP contribution in [0.1, 0.15) is 37.7 Å². The molecule has 2 amide bonds. The third-order valence-electron chi connectivity index (χ3n) is 6.22. The standard InChI is InChI=1S/C23H29N3O3/c27-21-16-26(23(29)9-5-13-25-12-4-3-8-22(25)28)15-18(21)14-17-10-11-24-20-7-2-1-6-19(17)20/h1-2,6-7,10-11,18,21,27H,3-5,8-9,12-16H2. The number of rotatable bonds is 6. The normalized spacial score (nSPS) is 22.4. The first kappa shape index (κ1) is 19.8. The summed E-state index contributed by atoms with van der Waals surface area (Å²) in [7, 11) is 0. The van der Waals surface area contributed by atoms with E-state index in [4.69, 9.17) is 0 Å². The number of nitrogens with zero attached hydrogens (tertiary/aromatic N) is 3. The van der Waals surface area contributed by atoms with E-state index >= 15 is 0 Å². The van der Waals surface area contributed by atoms with E-state index in [9.17, 15) is 14.7 Å². The van der Waals surface area contributed by atoms with E-state index in [-0.39, 0.29) is 17.7 Å². The molecule has 0 aliphatic carbocycles. The number of carbonyl (C=O) groups excluding carboxylic acids is 2. The maximum absolute atomic E-state index is 12.6. The van der Waals surface area contributed by atoms with E-state index < -0.39 is 6.10 Å². The van der Waals surface area contributed by atoms with Crippen molar-refractivity contribution >= 4 is 22.7 Å². The summed E-state index contributed by atoms with van der Waals surface area (Å²) < 4.78 is 0. The molecule has 1 aromatic carbocycles. The fourth-order valence-corrected chi connectivity index (χ4v) is 4.55. The smallest absolute Gasteiger partial charge is 0.222 e. The number of aliphatic hydroxyl groups excluding tert-OH is 1. The predicted octanol–water partition coefficient (Wildman–Crippen LogP) is 2.39. The Bertz CT molecular complexity index is 879.